The third-order valence-electron chi connectivity index (χ3n) is 5.51. The Bertz CT molecular complexity index is 1390. The molecule has 33 heavy (non-hydrogen) atoms. The van der Waals surface area contributed by atoms with Crippen molar-refractivity contribution < 1.29 is 13.2 Å². The standard InChI is InChI=1S/C24H22N4O3S2/c1-31-19-12-10-17(11-13-19)21-15-22(28(25-21)33(2,29)30)20-16-27(18-7-4-3-5-8-18)26-24(20)23-9-6-14-32-23/h3-14,16,22H,15H2,1-2H3. The Morgan fingerprint density at radius 3 is 2.42 bits per heavy atom. The van der Waals surface area contributed by atoms with E-state index in [4.69, 9.17) is 9.84 Å². The summed E-state index contributed by atoms with van der Waals surface area (Å²) in [7, 11) is -2.00. The van der Waals surface area contributed by atoms with Crippen molar-refractivity contribution >= 4 is 27.1 Å². The van der Waals surface area contributed by atoms with Crippen LogP contribution in [0.1, 0.15) is 23.6 Å². The fourth-order valence-corrected chi connectivity index (χ4v) is 5.56. The van der Waals surface area contributed by atoms with E-state index in [1.54, 1.807) is 23.1 Å². The van der Waals surface area contributed by atoms with Gasteiger partial charge in [0.15, 0.2) is 0 Å². The van der Waals surface area contributed by atoms with Crippen LogP contribution >= 0.6 is 11.3 Å². The Labute approximate surface area is 196 Å². The van der Waals surface area contributed by atoms with Gasteiger partial charge in [-0.25, -0.2) is 13.1 Å². The zero-order valence-corrected chi connectivity index (χ0v) is 19.8. The maximum Gasteiger partial charge on any atom is 0.247 e. The number of ether oxygens (including phenoxy) is 1. The van der Waals surface area contributed by atoms with E-state index in [9.17, 15) is 8.42 Å². The minimum atomic E-state index is -3.61. The van der Waals surface area contributed by atoms with Gasteiger partial charge in [-0.2, -0.15) is 14.6 Å². The molecule has 0 saturated carbocycles. The molecule has 9 heteroatoms. The fraction of sp³-hybridized carbons (Fsp3) is 0.167. The molecule has 5 rings (SSSR count). The van der Waals surface area contributed by atoms with Crippen LogP contribution in [0.4, 0.5) is 0 Å². The van der Waals surface area contributed by atoms with Crippen molar-refractivity contribution in [3.05, 3.63) is 89.4 Å². The molecule has 0 bridgehead atoms. The molecule has 1 unspecified atom stereocenters. The normalized spacial score (nSPS) is 16.1. The second-order valence-electron chi connectivity index (χ2n) is 7.72. The lowest BCUT2D eigenvalue weighted by Crippen LogP contribution is -2.26. The monoisotopic (exact) mass is 478 g/mol. The number of hydrogen-bond acceptors (Lipinski definition) is 6. The smallest absolute Gasteiger partial charge is 0.247 e. The van der Waals surface area contributed by atoms with Gasteiger partial charge in [0.1, 0.15) is 11.4 Å². The largest absolute Gasteiger partial charge is 0.497 e. The zero-order valence-electron chi connectivity index (χ0n) is 18.1. The number of para-hydroxylation sites is 1. The first-order chi connectivity index (χ1) is 15.9. The van der Waals surface area contributed by atoms with Crippen LogP contribution in [-0.4, -0.2) is 41.7 Å². The summed E-state index contributed by atoms with van der Waals surface area (Å²) in [5.41, 5.74) is 4.05. The number of hydrogen-bond donors (Lipinski definition) is 0. The molecule has 0 spiro atoms. The zero-order chi connectivity index (χ0) is 23.0. The summed E-state index contributed by atoms with van der Waals surface area (Å²) in [6.07, 6.45) is 3.55. The van der Waals surface area contributed by atoms with E-state index < -0.39 is 16.1 Å². The first-order valence-electron chi connectivity index (χ1n) is 10.3. The summed E-state index contributed by atoms with van der Waals surface area (Å²) in [5.74, 6) is 0.734. The van der Waals surface area contributed by atoms with Crippen LogP contribution in [0.5, 0.6) is 5.75 Å². The molecular weight excluding hydrogens is 456 g/mol. The van der Waals surface area contributed by atoms with Gasteiger partial charge in [-0.15, -0.1) is 11.3 Å². The Hall–Kier alpha value is -3.43. The van der Waals surface area contributed by atoms with Gasteiger partial charge in [0.25, 0.3) is 0 Å². The van der Waals surface area contributed by atoms with Crippen LogP contribution in [0.3, 0.4) is 0 Å². The molecule has 2 aromatic heterocycles. The third-order valence-corrected chi connectivity index (χ3v) is 7.40. The van der Waals surface area contributed by atoms with Gasteiger partial charge in [0, 0.05) is 18.2 Å². The molecule has 7 nitrogen and oxygen atoms in total. The molecule has 0 radical (unpaired) electrons. The number of methoxy groups -OCH3 is 1. The minimum Gasteiger partial charge on any atom is -0.497 e. The van der Waals surface area contributed by atoms with E-state index in [2.05, 4.69) is 5.10 Å². The van der Waals surface area contributed by atoms with Crippen LogP contribution in [0.25, 0.3) is 16.3 Å². The van der Waals surface area contributed by atoms with E-state index in [-0.39, 0.29) is 0 Å². The van der Waals surface area contributed by atoms with E-state index >= 15 is 0 Å². The molecule has 0 amide bonds. The van der Waals surface area contributed by atoms with Crippen molar-refractivity contribution in [3.8, 4) is 22.0 Å². The second-order valence-corrected chi connectivity index (χ2v) is 10.5. The summed E-state index contributed by atoms with van der Waals surface area (Å²) < 4.78 is 33.8. The summed E-state index contributed by atoms with van der Waals surface area (Å²) >= 11 is 1.57. The number of thiophene rings is 1. The number of nitrogens with zero attached hydrogens (tertiary/aromatic N) is 4. The molecule has 4 aromatic rings. The Morgan fingerprint density at radius 1 is 1.03 bits per heavy atom. The maximum atomic E-state index is 12.7. The number of sulfonamides is 1. The summed E-state index contributed by atoms with van der Waals surface area (Å²) in [6.45, 7) is 0. The lowest BCUT2D eigenvalue weighted by Gasteiger charge is -2.20. The molecule has 3 heterocycles. The Kier molecular flexibility index (Phi) is 5.51. The lowest BCUT2D eigenvalue weighted by atomic mass is 9.99. The Morgan fingerprint density at radius 2 is 1.79 bits per heavy atom. The third kappa shape index (κ3) is 4.17. The van der Waals surface area contributed by atoms with E-state index in [1.165, 1.54) is 10.7 Å². The van der Waals surface area contributed by atoms with Gasteiger partial charge in [-0.3, -0.25) is 0 Å². The van der Waals surface area contributed by atoms with Crippen molar-refractivity contribution in [1.82, 2.24) is 14.2 Å². The van der Waals surface area contributed by atoms with Crippen LogP contribution in [-0.2, 0) is 10.0 Å². The maximum absolute atomic E-state index is 12.7. The van der Waals surface area contributed by atoms with Crippen LogP contribution in [0, 0.1) is 0 Å². The molecule has 1 aliphatic heterocycles. The summed E-state index contributed by atoms with van der Waals surface area (Å²) in [5, 5.41) is 11.4. The molecular formula is C24H22N4O3S2. The molecule has 0 aliphatic carbocycles. The number of rotatable bonds is 6. The Balaban J connectivity index is 1.60. The van der Waals surface area contributed by atoms with E-state index in [1.807, 2.05) is 78.3 Å². The first-order valence-corrected chi connectivity index (χ1v) is 13.1. The first kappa shape index (κ1) is 21.4. The number of benzene rings is 2. The van der Waals surface area contributed by atoms with E-state index in [0.717, 1.165) is 33.1 Å². The van der Waals surface area contributed by atoms with Gasteiger partial charge < -0.3 is 4.74 Å². The van der Waals surface area contributed by atoms with Gasteiger partial charge in [-0.05, 0) is 53.4 Å². The van der Waals surface area contributed by atoms with Crippen molar-refractivity contribution in [1.29, 1.82) is 0 Å². The van der Waals surface area contributed by atoms with Gasteiger partial charge in [-0.1, -0.05) is 24.3 Å². The number of aromatic nitrogens is 2. The predicted molar refractivity (Wildman–Crippen MR) is 130 cm³/mol. The predicted octanol–water partition coefficient (Wildman–Crippen LogP) is 4.72. The molecule has 1 atom stereocenters. The molecule has 0 saturated heterocycles. The van der Waals surface area contributed by atoms with Crippen LogP contribution in [0.15, 0.2) is 83.4 Å². The minimum absolute atomic E-state index is 0.443. The van der Waals surface area contributed by atoms with Crippen LogP contribution in [0.2, 0.25) is 0 Å². The SMILES string of the molecule is COc1ccc(C2=NN(S(C)(=O)=O)C(c3cn(-c4ccccc4)nc3-c3cccs3)C2)cc1. The quantitative estimate of drug-likeness (QED) is 0.402. The van der Waals surface area contributed by atoms with Gasteiger partial charge in [0.2, 0.25) is 10.0 Å². The van der Waals surface area contributed by atoms with Crippen molar-refractivity contribution in [3.63, 3.8) is 0 Å². The summed E-state index contributed by atoms with van der Waals surface area (Å²) in [6, 6.07) is 20.7. The highest BCUT2D eigenvalue weighted by Crippen LogP contribution is 2.40. The molecule has 2 aromatic carbocycles. The van der Waals surface area contributed by atoms with Gasteiger partial charge in [0.05, 0.1) is 35.7 Å². The highest BCUT2D eigenvalue weighted by Gasteiger charge is 2.37. The van der Waals surface area contributed by atoms with E-state index in [0.29, 0.717) is 12.1 Å². The van der Waals surface area contributed by atoms with Crippen molar-refractivity contribution in [2.45, 2.75) is 12.5 Å². The number of hydrazone groups is 1. The molecule has 0 N–H and O–H groups in total. The van der Waals surface area contributed by atoms with Crippen molar-refractivity contribution in [2.75, 3.05) is 13.4 Å². The average Bonchev–Trinajstić information content (AvgIpc) is 3.58. The second kappa shape index (κ2) is 8.49. The fourth-order valence-electron chi connectivity index (χ4n) is 3.93. The highest BCUT2D eigenvalue weighted by atomic mass is 32.2. The lowest BCUT2D eigenvalue weighted by molar-refractivity contribution is 0.375. The topological polar surface area (TPSA) is 76.8 Å². The van der Waals surface area contributed by atoms with Crippen molar-refractivity contribution in [2.24, 2.45) is 5.10 Å². The highest BCUT2D eigenvalue weighted by molar-refractivity contribution is 7.88. The van der Waals surface area contributed by atoms with Crippen LogP contribution < -0.4 is 4.74 Å². The summed E-state index contributed by atoms with van der Waals surface area (Å²) in [4.78, 5) is 0.978. The molecule has 1 aliphatic rings. The molecule has 168 valence electrons. The molecule has 0 fully saturated rings. The van der Waals surface area contributed by atoms with Gasteiger partial charge >= 0.3 is 0 Å². The average molecular weight is 479 g/mol.